The van der Waals surface area contributed by atoms with Crippen LogP contribution in [0.2, 0.25) is 0 Å². The largest absolute Gasteiger partial charge is 0.478 e. The SMILES string of the molecule is CCOc1ncc(F)cc1-c1c(C(=O)O)[nH]c2c(C(C)C)cccc12. The highest BCUT2D eigenvalue weighted by molar-refractivity contribution is 6.09. The number of aromatic carboxylic acids is 1. The van der Waals surface area contributed by atoms with Gasteiger partial charge in [-0.05, 0) is 24.5 Å². The fraction of sp³-hybridized carbons (Fsp3) is 0.263. The van der Waals surface area contributed by atoms with Gasteiger partial charge in [0.25, 0.3) is 0 Å². The van der Waals surface area contributed by atoms with Gasteiger partial charge >= 0.3 is 5.97 Å². The molecule has 2 N–H and O–H groups in total. The van der Waals surface area contributed by atoms with Crippen LogP contribution in [0.3, 0.4) is 0 Å². The van der Waals surface area contributed by atoms with Crippen molar-refractivity contribution in [2.75, 3.05) is 6.61 Å². The molecule has 0 atom stereocenters. The highest BCUT2D eigenvalue weighted by Gasteiger charge is 2.24. The maximum absolute atomic E-state index is 13.8. The van der Waals surface area contributed by atoms with Gasteiger partial charge in [0.05, 0.1) is 18.3 Å². The number of halogens is 1. The van der Waals surface area contributed by atoms with Gasteiger partial charge in [-0.15, -0.1) is 0 Å². The first-order chi connectivity index (χ1) is 11.9. The first-order valence-corrected chi connectivity index (χ1v) is 8.10. The number of carbonyl (C=O) groups is 1. The van der Waals surface area contributed by atoms with Crippen molar-refractivity contribution in [2.24, 2.45) is 0 Å². The number of aromatic amines is 1. The quantitative estimate of drug-likeness (QED) is 0.711. The molecule has 0 unspecified atom stereocenters. The fourth-order valence-electron chi connectivity index (χ4n) is 3.02. The number of benzene rings is 1. The minimum atomic E-state index is -1.12. The van der Waals surface area contributed by atoms with E-state index in [-0.39, 0.29) is 17.5 Å². The Bertz CT molecular complexity index is 947. The summed E-state index contributed by atoms with van der Waals surface area (Å²) < 4.78 is 19.3. The van der Waals surface area contributed by atoms with Crippen molar-refractivity contribution in [1.29, 1.82) is 0 Å². The summed E-state index contributed by atoms with van der Waals surface area (Å²) in [4.78, 5) is 18.8. The number of carboxylic acids is 1. The monoisotopic (exact) mass is 342 g/mol. The van der Waals surface area contributed by atoms with Crippen LogP contribution in [0.25, 0.3) is 22.0 Å². The van der Waals surface area contributed by atoms with E-state index in [4.69, 9.17) is 4.74 Å². The van der Waals surface area contributed by atoms with E-state index in [9.17, 15) is 14.3 Å². The summed E-state index contributed by atoms with van der Waals surface area (Å²) in [5, 5.41) is 10.4. The van der Waals surface area contributed by atoms with E-state index in [1.165, 1.54) is 6.07 Å². The molecule has 0 saturated heterocycles. The van der Waals surface area contributed by atoms with E-state index >= 15 is 0 Å². The van der Waals surface area contributed by atoms with Crippen molar-refractivity contribution >= 4 is 16.9 Å². The number of fused-ring (bicyclic) bond motifs is 1. The maximum atomic E-state index is 13.8. The standard InChI is InChI=1S/C19H19FN2O3/c1-4-25-18-14(8-11(20)9-21-18)15-13-7-5-6-12(10(2)3)16(13)22-17(15)19(23)24/h5-10,22H,4H2,1-3H3,(H,23,24). The Kier molecular flexibility index (Phi) is 4.44. The lowest BCUT2D eigenvalue weighted by Gasteiger charge is -2.10. The number of para-hydroxylation sites is 1. The summed E-state index contributed by atoms with van der Waals surface area (Å²) in [6, 6.07) is 6.90. The van der Waals surface area contributed by atoms with Crippen molar-refractivity contribution in [2.45, 2.75) is 26.7 Å². The van der Waals surface area contributed by atoms with E-state index in [0.717, 1.165) is 17.3 Å². The third-order valence-electron chi connectivity index (χ3n) is 4.07. The molecule has 0 aliphatic heterocycles. The molecule has 130 valence electrons. The molecule has 0 radical (unpaired) electrons. The van der Waals surface area contributed by atoms with Crippen molar-refractivity contribution < 1.29 is 19.0 Å². The van der Waals surface area contributed by atoms with Crippen molar-refractivity contribution in [3.05, 3.63) is 47.5 Å². The summed E-state index contributed by atoms with van der Waals surface area (Å²) in [6.07, 6.45) is 1.06. The molecule has 6 heteroatoms. The summed E-state index contributed by atoms with van der Waals surface area (Å²) in [6.45, 7) is 6.20. The molecule has 0 amide bonds. The average Bonchev–Trinajstić information content (AvgIpc) is 2.96. The number of H-pyrrole nitrogens is 1. The maximum Gasteiger partial charge on any atom is 0.352 e. The van der Waals surface area contributed by atoms with E-state index in [0.29, 0.717) is 23.1 Å². The second-order valence-electron chi connectivity index (χ2n) is 6.04. The van der Waals surface area contributed by atoms with Crippen molar-refractivity contribution in [3.63, 3.8) is 0 Å². The molecule has 5 nitrogen and oxygen atoms in total. The van der Waals surface area contributed by atoms with Crippen LogP contribution in [-0.4, -0.2) is 27.7 Å². The summed E-state index contributed by atoms with van der Waals surface area (Å²) in [7, 11) is 0. The van der Waals surface area contributed by atoms with Crippen LogP contribution in [0, 0.1) is 5.82 Å². The molecule has 0 aliphatic carbocycles. The predicted octanol–water partition coefficient (Wildman–Crippen LogP) is 4.59. The number of nitrogens with one attached hydrogen (secondary N) is 1. The predicted molar refractivity (Wildman–Crippen MR) is 93.7 cm³/mol. The number of rotatable bonds is 5. The zero-order valence-electron chi connectivity index (χ0n) is 14.3. The summed E-state index contributed by atoms with van der Waals surface area (Å²) in [5.74, 6) is -1.26. The van der Waals surface area contributed by atoms with Crippen LogP contribution < -0.4 is 4.74 Å². The molecule has 2 aromatic heterocycles. The Hall–Kier alpha value is -2.89. The Morgan fingerprint density at radius 2 is 2.16 bits per heavy atom. The lowest BCUT2D eigenvalue weighted by atomic mass is 9.97. The van der Waals surface area contributed by atoms with E-state index < -0.39 is 11.8 Å². The molecular weight excluding hydrogens is 323 g/mol. The Morgan fingerprint density at radius 1 is 1.40 bits per heavy atom. The fourth-order valence-corrected chi connectivity index (χ4v) is 3.02. The highest BCUT2D eigenvalue weighted by Crippen LogP contribution is 2.39. The molecule has 25 heavy (non-hydrogen) atoms. The zero-order valence-corrected chi connectivity index (χ0v) is 14.3. The number of hydrogen-bond donors (Lipinski definition) is 2. The molecular formula is C19H19FN2O3. The van der Waals surface area contributed by atoms with Gasteiger partial charge in [0, 0.05) is 16.5 Å². The third kappa shape index (κ3) is 2.95. The normalized spacial score (nSPS) is 11.2. The summed E-state index contributed by atoms with van der Waals surface area (Å²) >= 11 is 0. The van der Waals surface area contributed by atoms with Crippen LogP contribution >= 0.6 is 0 Å². The Labute approximate surface area is 144 Å². The van der Waals surface area contributed by atoms with Gasteiger partial charge < -0.3 is 14.8 Å². The molecule has 3 aromatic rings. The molecule has 0 bridgehead atoms. The molecule has 3 rings (SSSR count). The van der Waals surface area contributed by atoms with Gasteiger partial charge in [0.1, 0.15) is 11.5 Å². The van der Waals surface area contributed by atoms with Gasteiger partial charge in [-0.1, -0.05) is 32.0 Å². The number of hydrogen-bond acceptors (Lipinski definition) is 3. The van der Waals surface area contributed by atoms with Crippen molar-refractivity contribution in [3.8, 4) is 17.0 Å². The number of carboxylic acid groups (broad SMARTS) is 1. The van der Waals surface area contributed by atoms with Crippen molar-refractivity contribution in [1.82, 2.24) is 9.97 Å². The lowest BCUT2D eigenvalue weighted by molar-refractivity contribution is 0.0692. The second kappa shape index (κ2) is 6.55. The van der Waals surface area contributed by atoms with E-state index in [1.807, 2.05) is 32.0 Å². The second-order valence-corrected chi connectivity index (χ2v) is 6.04. The molecule has 0 saturated carbocycles. The van der Waals surface area contributed by atoms with Crippen LogP contribution in [-0.2, 0) is 0 Å². The zero-order chi connectivity index (χ0) is 18.1. The molecule has 2 heterocycles. The van der Waals surface area contributed by atoms with Crippen LogP contribution in [0.4, 0.5) is 4.39 Å². The number of nitrogens with zero attached hydrogens (tertiary/aromatic N) is 1. The molecule has 0 aliphatic rings. The van der Waals surface area contributed by atoms with E-state index in [2.05, 4.69) is 9.97 Å². The number of pyridine rings is 1. The molecule has 0 fully saturated rings. The third-order valence-corrected chi connectivity index (χ3v) is 4.07. The Morgan fingerprint density at radius 3 is 2.80 bits per heavy atom. The van der Waals surface area contributed by atoms with Crippen LogP contribution in [0.5, 0.6) is 5.88 Å². The topological polar surface area (TPSA) is 75.2 Å². The van der Waals surface area contributed by atoms with Gasteiger partial charge in [0.15, 0.2) is 0 Å². The lowest BCUT2D eigenvalue weighted by Crippen LogP contribution is -2.02. The van der Waals surface area contributed by atoms with Gasteiger partial charge in [-0.3, -0.25) is 0 Å². The van der Waals surface area contributed by atoms with E-state index in [1.54, 1.807) is 6.92 Å². The highest BCUT2D eigenvalue weighted by atomic mass is 19.1. The van der Waals surface area contributed by atoms with Gasteiger partial charge in [0.2, 0.25) is 5.88 Å². The molecule has 0 spiro atoms. The number of aromatic nitrogens is 2. The van der Waals surface area contributed by atoms with Crippen LogP contribution in [0.1, 0.15) is 42.7 Å². The number of ether oxygens (including phenoxy) is 1. The van der Waals surface area contributed by atoms with Gasteiger partial charge in [-0.2, -0.15) is 0 Å². The Balaban J connectivity index is 2.40. The van der Waals surface area contributed by atoms with Crippen LogP contribution in [0.15, 0.2) is 30.5 Å². The first kappa shape index (κ1) is 17.0. The first-order valence-electron chi connectivity index (χ1n) is 8.10. The smallest absolute Gasteiger partial charge is 0.352 e. The average molecular weight is 342 g/mol. The minimum absolute atomic E-state index is 0.00328. The molecule has 1 aromatic carbocycles. The minimum Gasteiger partial charge on any atom is -0.478 e. The summed E-state index contributed by atoms with van der Waals surface area (Å²) in [5.41, 5.74) is 2.44. The van der Waals surface area contributed by atoms with Gasteiger partial charge in [-0.25, -0.2) is 14.2 Å².